The summed E-state index contributed by atoms with van der Waals surface area (Å²) in [5.41, 5.74) is 5.11. The Hall–Kier alpha value is -2.28. The summed E-state index contributed by atoms with van der Waals surface area (Å²) in [4.78, 5) is 45.0. The lowest BCUT2D eigenvalue weighted by Crippen LogP contribution is -2.68. The van der Waals surface area contributed by atoms with E-state index < -0.39 is 24.0 Å². The molecular weight excluding hydrogens is 383 g/mol. The predicted molar refractivity (Wildman–Crippen MR) is 80.5 cm³/mol. The van der Waals surface area contributed by atoms with Crippen LogP contribution in [0.15, 0.2) is 10.6 Å². The van der Waals surface area contributed by atoms with Gasteiger partial charge in [-0.15, -0.1) is 11.8 Å². The van der Waals surface area contributed by atoms with Crippen LogP contribution in [0.4, 0.5) is 13.2 Å². The maximum absolute atomic E-state index is 11.9. The Balaban J connectivity index is 0.000000298. The van der Waals surface area contributed by atoms with E-state index in [4.69, 9.17) is 15.6 Å². The molecule has 144 valence electrons. The van der Waals surface area contributed by atoms with E-state index >= 15 is 0 Å². The quantitative estimate of drug-likeness (QED) is 0.457. The van der Waals surface area contributed by atoms with Gasteiger partial charge in [0, 0.05) is 11.4 Å². The topological polar surface area (TPSA) is 150 Å². The molecule has 2 amide bonds. The van der Waals surface area contributed by atoms with E-state index in [0.29, 0.717) is 17.9 Å². The number of amides is 2. The molecule has 0 aromatic rings. The summed E-state index contributed by atoms with van der Waals surface area (Å²) in [6.45, 7) is 0.700. The Kier molecular flexibility index (Phi) is 5.51. The maximum atomic E-state index is 11.9. The molecule has 9 nitrogen and oxygen atoms in total. The van der Waals surface area contributed by atoms with Crippen LogP contribution in [-0.2, 0) is 19.2 Å². The molecule has 2 saturated heterocycles. The summed E-state index contributed by atoms with van der Waals surface area (Å²) in [7, 11) is 0. The summed E-state index contributed by atoms with van der Waals surface area (Å²) in [5, 5.41) is 19.5. The van der Waals surface area contributed by atoms with E-state index in [9.17, 15) is 32.7 Å². The van der Waals surface area contributed by atoms with Gasteiger partial charge < -0.3 is 21.3 Å². The average molecular weight is 397 g/mol. The number of allylic oxidation sites excluding steroid dienone is 1. The minimum Gasteiger partial charge on any atom is -0.477 e. The van der Waals surface area contributed by atoms with Crippen LogP contribution in [0.1, 0.15) is 6.42 Å². The first-order valence-electron chi connectivity index (χ1n) is 7.19. The highest BCUT2D eigenvalue weighted by molar-refractivity contribution is 8.03. The van der Waals surface area contributed by atoms with Crippen molar-refractivity contribution < 1.29 is 42.6 Å². The number of hydrogen-bond donors (Lipinski definition) is 4. The Morgan fingerprint density at radius 3 is 2.35 bits per heavy atom. The van der Waals surface area contributed by atoms with Gasteiger partial charge in [0.05, 0.1) is 11.8 Å². The van der Waals surface area contributed by atoms with Crippen LogP contribution in [0.25, 0.3) is 0 Å². The monoisotopic (exact) mass is 397 g/mol. The van der Waals surface area contributed by atoms with Crippen molar-refractivity contribution in [3.8, 4) is 0 Å². The largest absolute Gasteiger partial charge is 0.490 e. The molecule has 3 aliphatic heterocycles. The van der Waals surface area contributed by atoms with Crippen molar-refractivity contribution in [2.24, 2.45) is 11.7 Å². The number of thioether (sulfide) groups is 1. The van der Waals surface area contributed by atoms with Crippen molar-refractivity contribution in [1.29, 1.82) is 0 Å². The summed E-state index contributed by atoms with van der Waals surface area (Å²) >= 11 is 1.12. The second kappa shape index (κ2) is 7.15. The van der Waals surface area contributed by atoms with Gasteiger partial charge in [0.15, 0.2) is 0 Å². The lowest BCUT2D eigenvalue weighted by molar-refractivity contribution is -0.192. The van der Waals surface area contributed by atoms with Crippen molar-refractivity contribution in [3.05, 3.63) is 10.6 Å². The van der Waals surface area contributed by atoms with E-state index in [2.05, 4.69) is 5.32 Å². The smallest absolute Gasteiger partial charge is 0.477 e. The zero-order valence-electron chi connectivity index (χ0n) is 12.9. The number of carbonyl (C=O) groups excluding carboxylic acids is 2. The predicted octanol–water partition coefficient (Wildman–Crippen LogP) is -0.663. The third kappa shape index (κ3) is 3.77. The number of carbonyl (C=O) groups is 4. The summed E-state index contributed by atoms with van der Waals surface area (Å²) in [5.74, 6) is -4.32. The molecule has 3 aliphatic rings. The van der Waals surface area contributed by atoms with Crippen LogP contribution in [-0.4, -0.2) is 69.4 Å². The molecule has 3 heterocycles. The van der Waals surface area contributed by atoms with Gasteiger partial charge in [-0.1, -0.05) is 0 Å². The van der Waals surface area contributed by atoms with E-state index in [1.165, 1.54) is 4.90 Å². The van der Waals surface area contributed by atoms with Gasteiger partial charge >= 0.3 is 18.1 Å². The van der Waals surface area contributed by atoms with Crippen molar-refractivity contribution >= 4 is 35.5 Å². The van der Waals surface area contributed by atoms with E-state index in [1.807, 2.05) is 0 Å². The van der Waals surface area contributed by atoms with Crippen LogP contribution in [0.5, 0.6) is 0 Å². The SMILES string of the molecule is NC(=O)CSC1=C(C(=O)O)N2C(=O)[C@H]3NC[C@@H](C1)[C@H]32.O=C(O)C(F)(F)F. The number of carboxylic acid groups (broad SMARTS) is 2. The minimum absolute atomic E-state index is 0.0254. The van der Waals surface area contributed by atoms with Crippen LogP contribution >= 0.6 is 11.8 Å². The number of rotatable bonds is 4. The molecule has 0 radical (unpaired) electrons. The number of hydrogen-bond acceptors (Lipinski definition) is 6. The Morgan fingerprint density at radius 1 is 1.31 bits per heavy atom. The van der Waals surface area contributed by atoms with Crippen LogP contribution < -0.4 is 11.1 Å². The molecule has 5 N–H and O–H groups in total. The fourth-order valence-electron chi connectivity index (χ4n) is 3.03. The van der Waals surface area contributed by atoms with Crippen molar-refractivity contribution in [3.63, 3.8) is 0 Å². The van der Waals surface area contributed by atoms with E-state index in [0.717, 1.165) is 11.8 Å². The Morgan fingerprint density at radius 2 is 1.88 bits per heavy atom. The number of β-lactam (4-membered cyclic amide) rings is 1. The fourth-order valence-corrected chi connectivity index (χ4v) is 4.00. The van der Waals surface area contributed by atoms with Crippen molar-refractivity contribution in [2.75, 3.05) is 12.3 Å². The molecule has 0 spiro atoms. The number of nitrogens with one attached hydrogen (secondary N) is 1. The standard InChI is InChI=1S/C11H13N3O4S.C2HF3O2/c12-6(15)3-19-5-1-4-2-13-7-8(4)14(10(7)16)9(5)11(17)18;3-2(4,5)1(6)7/h4,7-8,13H,1-3H2,(H2,12,15)(H,17,18);(H,6,7)/t4-,7+,8-;/m1./s1. The molecule has 0 aromatic carbocycles. The highest BCUT2D eigenvalue weighted by atomic mass is 32.2. The van der Waals surface area contributed by atoms with Gasteiger partial charge in [0.2, 0.25) is 11.8 Å². The first kappa shape index (κ1) is 20.0. The third-order valence-corrected chi connectivity index (χ3v) is 5.15. The average Bonchev–Trinajstić information content (AvgIpc) is 2.91. The van der Waals surface area contributed by atoms with Crippen molar-refractivity contribution in [2.45, 2.75) is 24.7 Å². The highest BCUT2D eigenvalue weighted by Crippen LogP contribution is 2.46. The highest BCUT2D eigenvalue weighted by Gasteiger charge is 2.59. The lowest BCUT2D eigenvalue weighted by atomic mass is 9.82. The summed E-state index contributed by atoms with van der Waals surface area (Å²) in [6, 6.07) is -0.279. The molecule has 0 aromatic heterocycles. The lowest BCUT2D eigenvalue weighted by Gasteiger charge is -2.48. The molecular formula is C13H14F3N3O6S. The zero-order valence-corrected chi connectivity index (χ0v) is 13.8. The number of nitrogens with zero attached hydrogens (tertiary/aromatic N) is 1. The van der Waals surface area contributed by atoms with Gasteiger partial charge in [-0.2, -0.15) is 13.2 Å². The number of alkyl halides is 3. The van der Waals surface area contributed by atoms with Gasteiger partial charge in [-0.25, -0.2) is 9.59 Å². The summed E-state index contributed by atoms with van der Waals surface area (Å²) < 4.78 is 31.7. The Bertz CT molecular complexity index is 695. The molecule has 0 aliphatic carbocycles. The van der Waals surface area contributed by atoms with Gasteiger partial charge in [0.1, 0.15) is 11.7 Å². The van der Waals surface area contributed by atoms with Gasteiger partial charge in [0.25, 0.3) is 0 Å². The second-order valence-electron chi connectivity index (χ2n) is 5.68. The molecule has 0 saturated carbocycles. The summed E-state index contributed by atoms with van der Waals surface area (Å²) in [6.07, 6.45) is -4.50. The van der Waals surface area contributed by atoms with Gasteiger partial charge in [-0.3, -0.25) is 14.5 Å². The molecule has 3 rings (SSSR count). The zero-order chi connectivity index (χ0) is 19.8. The van der Waals surface area contributed by atoms with Crippen molar-refractivity contribution in [1.82, 2.24) is 10.2 Å². The molecule has 0 unspecified atom stereocenters. The van der Waals surface area contributed by atoms with E-state index in [1.54, 1.807) is 0 Å². The molecule has 0 bridgehead atoms. The molecule has 26 heavy (non-hydrogen) atoms. The molecule has 2 fully saturated rings. The third-order valence-electron chi connectivity index (χ3n) is 4.01. The molecule has 3 atom stereocenters. The number of aliphatic carboxylic acids is 2. The fraction of sp³-hybridized carbons (Fsp3) is 0.538. The second-order valence-corrected chi connectivity index (χ2v) is 6.75. The Labute approximate surface area is 148 Å². The van der Waals surface area contributed by atoms with E-state index in [-0.39, 0.29) is 35.4 Å². The number of primary amides is 1. The van der Waals surface area contributed by atoms with Gasteiger partial charge in [-0.05, 0) is 12.3 Å². The minimum atomic E-state index is -5.08. The maximum Gasteiger partial charge on any atom is 0.490 e. The normalized spacial score (nSPS) is 26.5. The van der Waals surface area contributed by atoms with Crippen LogP contribution in [0.2, 0.25) is 0 Å². The van der Waals surface area contributed by atoms with Crippen LogP contribution in [0, 0.1) is 5.92 Å². The molecule has 13 heteroatoms. The number of nitrogens with two attached hydrogens (primary N) is 1. The first-order chi connectivity index (χ1) is 11.9. The first-order valence-corrected chi connectivity index (χ1v) is 8.17. The number of carboxylic acids is 2. The number of halogens is 3. The van der Waals surface area contributed by atoms with Crippen LogP contribution in [0.3, 0.4) is 0 Å².